The number of aromatic nitrogens is 3. The number of carbonyl (C=O) groups excluding carboxylic acids is 1. The molecule has 1 aliphatic rings. The van der Waals surface area contributed by atoms with Crippen molar-refractivity contribution in [2.24, 2.45) is 5.11 Å². The Hall–Kier alpha value is -3.50. The average Bonchev–Trinajstić information content (AvgIpc) is 3.31. The lowest BCUT2D eigenvalue weighted by molar-refractivity contribution is -0.108. The molecule has 0 radical (unpaired) electrons. The summed E-state index contributed by atoms with van der Waals surface area (Å²) in [6.45, 7) is -0.661. The Balaban J connectivity index is 1.65. The number of aliphatic hydroxyl groups excluding tert-OH is 2. The average molecular weight is 395 g/mol. The fraction of sp³-hybridized carbons (Fsp3) is 0.278. The monoisotopic (exact) mass is 395 g/mol. The summed E-state index contributed by atoms with van der Waals surface area (Å²) in [4.78, 5) is 19.3. The molecule has 11 heteroatoms. The van der Waals surface area contributed by atoms with E-state index in [1.807, 2.05) is 6.07 Å². The summed E-state index contributed by atoms with van der Waals surface area (Å²) < 4.78 is 7.23. The Morgan fingerprint density at radius 1 is 1.38 bits per heavy atom. The zero-order chi connectivity index (χ0) is 20.4. The minimum atomic E-state index is -1.75. The SMILES string of the molecule is [N-]=[N+]=N[C@]1(CO)O[C@@H](c2ccc3c(NC(=O)c4ccccc4)ncnn23)C[C@@H]1O. The highest BCUT2D eigenvalue weighted by molar-refractivity contribution is 6.05. The van der Waals surface area contributed by atoms with Crippen LogP contribution in [0, 0.1) is 0 Å². The van der Waals surface area contributed by atoms with Crippen LogP contribution in [0.5, 0.6) is 0 Å². The van der Waals surface area contributed by atoms with E-state index in [1.54, 1.807) is 36.4 Å². The van der Waals surface area contributed by atoms with Crippen molar-refractivity contribution in [2.45, 2.75) is 24.4 Å². The van der Waals surface area contributed by atoms with E-state index in [4.69, 9.17) is 10.3 Å². The zero-order valence-corrected chi connectivity index (χ0v) is 15.1. The topological polar surface area (TPSA) is 158 Å². The molecule has 3 aromatic rings. The van der Waals surface area contributed by atoms with Gasteiger partial charge >= 0.3 is 0 Å². The lowest BCUT2D eigenvalue weighted by Gasteiger charge is -2.23. The third-order valence-electron chi connectivity index (χ3n) is 4.82. The van der Waals surface area contributed by atoms with Crippen LogP contribution in [-0.2, 0) is 4.74 Å². The van der Waals surface area contributed by atoms with Gasteiger partial charge in [0.15, 0.2) is 11.5 Å². The van der Waals surface area contributed by atoms with E-state index in [1.165, 1.54) is 10.8 Å². The molecule has 1 fully saturated rings. The molecule has 148 valence electrons. The molecule has 3 N–H and O–H groups in total. The summed E-state index contributed by atoms with van der Waals surface area (Å²) in [5.41, 5.74) is 8.55. The highest BCUT2D eigenvalue weighted by Crippen LogP contribution is 2.41. The number of fused-ring (bicyclic) bond motifs is 1. The maximum Gasteiger partial charge on any atom is 0.256 e. The van der Waals surface area contributed by atoms with Crippen LogP contribution >= 0.6 is 0 Å². The molecule has 0 bridgehead atoms. The first-order chi connectivity index (χ1) is 14.1. The van der Waals surface area contributed by atoms with Gasteiger partial charge in [-0.3, -0.25) is 4.79 Å². The number of aliphatic hydroxyl groups is 2. The first-order valence-corrected chi connectivity index (χ1v) is 8.80. The second kappa shape index (κ2) is 7.49. The van der Waals surface area contributed by atoms with Crippen LogP contribution in [0.2, 0.25) is 0 Å². The Bertz CT molecular complexity index is 1100. The van der Waals surface area contributed by atoms with Gasteiger partial charge in [0.25, 0.3) is 5.91 Å². The van der Waals surface area contributed by atoms with E-state index >= 15 is 0 Å². The Morgan fingerprint density at radius 2 is 2.17 bits per heavy atom. The van der Waals surface area contributed by atoms with Crippen molar-refractivity contribution in [1.29, 1.82) is 0 Å². The van der Waals surface area contributed by atoms with E-state index in [0.29, 0.717) is 22.6 Å². The number of rotatable bonds is 5. The standard InChI is InChI=1S/C18H17N7O4/c19-24-23-18(9-26)15(27)8-14(29-18)12-6-7-13-16(20-10-21-25(12)13)22-17(28)11-4-2-1-3-5-11/h1-7,10,14-15,26-27H,8-9H2,(H,20,21,22,28)/t14-,15+,18-/m1/s1. The summed E-state index contributed by atoms with van der Waals surface area (Å²) in [7, 11) is 0. The van der Waals surface area contributed by atoms with E-state index < -0.39 is 24.5 Å². The summed E-state index contributed by atoms with van der Waals surface area (Å²) in [5, 5.41) is 30.2. The van der Waals surface area contributed by atoms with Crippen LogP contribution in [0.15, 0.2) is 53.9 Å². The normalized spacial score (nSPS) is 23.7. The number of amides is 1. The molecule has 11 nitrogen and oxygen atoms in total. The predicted molar refractivity (Wildman–Crippen MR) is 101 cm³/mol. The Kier molecular flexibility index (Phi) is 4.87. The highest BCUT2D eigenvalue weighted by atomic mass is 16.6. The second-order valence-electron chi connectivity index (χ2n) is 6.53. The van der Waals surface area contributed by atoms with Crippen molar-refractivity contribution >= 4 is 17.2 Å². The third-order valence-corrected chi connectivity index (χ3v) is 4.82. The molecule has 2 aromatic heterocycles. The first kappa shape index (κ1) is 18.8. The van der Waals surface area contributed by atoms with Gasteiger partial charge in [-0.05, 0) is 29.8 Å². The van der Waals surface area contributed by atoms with Gasteiger partial charge in [-0.1, -0.05) is 23.3 Å². The van der Waals surface area contributed by atoms with E-state index in [-0.39, 0.29) is 12.3 Å². The molecule has 1 aliphatic heterocycles. The van der Waals surface area contributed by atoms with Crippen LogP contribution < -0.4 is 5.32 Å². The van der Waals surface area contributed by atoms with Gasteiger partial charge in [-0.2, -0.15) is 5.10 Å². The molecule has 1 amide bonds. The van der Waals surface area contributed by atoms with Crippen LogP contribution in [0.4, 0.5) is 5.82 Å². The van der Waals surface area contributed by atoms with Gasteiger partial charge in [-0.15, -0.1) is 0 Å². The smallest absolute Gasteiger partial charge is 0.256 e. The first-order valence-electron chi connectivity index (χ1n) is 8.80. The lowest BCUT2D eigenvalue weighted by atomic mass is 10.1. The summed E-state index contributed by atoms with van der Waals surface area (Å²) in [5.74, 6) is -0.00809. The molecule has 0 saturated carbocycles. The van der Waals surface area contributed by atoms with E-state index in [2.05, 4.69) is 25.4 Å². The van der Waals surface area contributed by atoms with Crippen LogP contribution in [0.3, 0.4) is 0 Å². The number of ether oxygens (including phenoxy) is 1. The van der Waals surface area contributed by atoms with E-state index in [0.717, 1.165) is 0 Å². The number of anilines is 1. The molecule has 4 rings (SSSR count). The van der Waals surface area contributed by atoms with Gasteiger partial charge in [-0.25, -0.2) is 9.50 Å². The maximum absolute atomic E-state index is 12.4. The van der Waals surface area contributed by atoms with Crippen molar-refractivity contribution < 1.29 is 19.7 Å². The Labute approximate surface area is 164 Å². The quantitative estimate of drug-likeness (QED) is 0.339. The molecule has 29 heavy (non-hydrogen) atoms. The minimum Gasteiger partial charge on any atom is -0.393 e. The molecular formula is C18H17N7O4. The zero-order valence-electron chi connectivity index (χ0n) is 15.1. The van der Waals surface area contributed by atoms with Crippen molar-refractivity contribution in [2.75, 3.05) is 11.9 Å². The number of carbonyl (C=O) groups is 1. The molecular weight excluding hydrogens is 378 g/mol. The molecule has 3 atom stereocenters. The fourth-order valence-corrected chi connectivity index (χ4v) is 3.34. The largest absolute Gasteiger partial charge is 0.393 e. The van der Waals surface area contributed by atoms with Gasteiger partial charge < -0.3 is 20.3 Å². The van der Waals surface area contributed by atoms with Gasteiger partial charge in [0.05, 0.1) is 18.4 Å². The minimum absolute atomic E-state index is 0.0986. The number of nitrogens with zero attached hydrogens (tertiary/aromatic N) is 6. The molecule has 0 spiro atoms. The summed E-state index contributed by atoms with van der Waals surface area (Å²) in [6, 6.07) is 12.1. The number of nitrogens with one attached hydrogen (secondary N) is 1. The number of azide groups is 1. The molecule has 1 aromatic carbocycles. The van der Waals surface area contributed by atoms with Crippen molar-refractivity contribution in [3.63, 3.8) is 0 Å². The Morgan fingerprint density at radius 3 is 2.90 bits per heavy atom. The van der Waals surface area contributed by atoms with Crippen molar-refractivity contribution in [3.05, 3.63) is 70.5 Å². The van der Waals surface area contributed by atoms with Crippen molar-refractivity contribution in [1.82, 2.24) is 14.6 Å². The lowest BCUT2D eigenvalue weighted by Crippen LogP contribution is -2.40. The maximum atomic E-state index is 12.4. The predicted octanol–water partition coefficient (Wildman–Crippen LogP) is 1.80. The van der Waals surface area contributed by atoms with Gasteiger partial charge in [0.2, 0.25) is 0 Å². The van der Waals surface area contributed by atoms with E-state index in [9.17, 15) is 15.0 Å². The molecule has 0 unspecified atom stereocenters. The van der Waals surface area contributed by atoms with Gasteiger partial charge in [0, 0.05) is 16.9 Å². The number of hydrogen-bond donors (Lipinski definition) is 3. The third kappa shape index (κ3) is 3.28. The molecule has 1 saturated heterocycles. The molecule has 0 aliphatic carbocycles. The number of hydrogen-bond acceptors (Lipinski definition) is 7. The van der Waals surface area contributed by atoms with Crippen LogP contribution in [-0.4, -0.2) is 49.2 Å². The van der Waals surface area contributed by atoms with Crippen LogP contribution in [0.1, 0.15) is 28.6 Å². The second-order valence-corrected chi connectivity index (χ2v) is 6.53. The summed E-state index contributed by atoms with van der Waals surface area (Å²) in [6.07, 6.45) is -0.479. The van der Waals surface area contributed by atoms with Crippen molar-refractivity contribution in [3.8, 4) is 0 Å². The van der Waals surface area contributed by atoms with Gasteiger partial charge in [0.1, 0.15) is 17.9 Å². The fourth-order valence-electron chi connectivity index (χ4n) is 3.34. The molecule has 3 heterocycles. The number of benzene rings is 1. The summed E-state index contributed by atoms with van der Waals surface area (Å²) >= 11 is 0. The highest BCUT2D eigenvalue weighted by Gasteiger charge is 2.48. The van der Waals surface area contributed by atoms with Crippen LogP contribution in [0.25, 0.3) is 16.0 Å².